The summed E-state index contributed by atoms with van der Waals surface area (Å²) in [5, 5.41) is 18.5. The van der Waals surface area contributed by atoms with Gasteiger partial charge in [0.2, 0.25) is 10.9 Å². The highest BCUT2D eigenvalue weighted by Crippen LogP contribution is 2.30. The molecule has 25 heavy (non-hydrogen) atoms. The number of phenolic OH excluding ortho intramolecular Hbond substituents is 1. The number of hydrogen-bond donors (Lipinski definition) is 1. The van der Waals surface area contributed by atoms with E-state index in [1.807, 2.05) is 0 Å². The molecule has 0 bridgehead atoms. The average molecular weight is 355 g/mol. The number of aromatic nitrogens is 3. The number of hydrogen-bond acceptors (Lipinski definition) is 9. The lowest BCUT2D eigenvalue weighted by Gasteiger charge is -2.03. The molecule has 1 aromatic carbocycles. The first-order chi connectivity index (χ1) is 12.0. The second-order valence-electron chi connectivity index (χ2n) is 5.07. The maximum Gasteiger partial charge on any atom is 0.374 e. The molecular formula is C16H13N5O3S. The van der Waals surface area contributed by atoms with E-state index >= 15 is 0 Å². The number of nitrogens with zero attached hydrogens (tertiary/aromatic N) is 5. The fraction of sp³-hybridized carbons (Fsp3) is 0.125. The second kappa shape index (κ2) is 7.14. The van der Waals surface area contributed by atoms with Crippen molar-refractivity contribution in [1.82, 2.24) is 15.0 Å². The van der Waals surface area contributed by atoms with Crippen molar-refractivity contribution in [3.8, 4) is 11.6 Å². The van der Waals surface area contributed by atoms with Gasteiger partial charge >= 0.3 is 5.97 Å². The summed E-state index contributed by atoms with van der Waals surface area (Å²) in [4.78, 5) is 23.5. The van der Waals surface area contributed by atoms with Crippen LogP contribution >= 0.6 is 11.3 Å². The lowest BCUT2D eigenvalue weighted by molar-refractivity contribution is 0.0727. The van der Waals surface area contributed by atoms with Crippen LogP contribution in [-0.4, -0.2) is 26.0 Å². The molecule has 0 unspecified atom stereocenters. The van der Waals surface area contributed by atoms with Gasteiger partial charge in [-0.1, -0.05) is 11.3 Å². The van der Waals surface area contributed by atoms with E-state index in [1.165, 1.54) is 24.8 Å². The fourth-order valence-electron chi connectivity index (χ4n) is 1.98. The van der Waals surface area contributed by atoms with Crippen molar-refractivity contribution in [2.75, 3.05) is 0 Å². The summed E-state index contributed by atoms with van der Waals surface area (Å²) in [5.74, 6) is -0.235. The molecule has 2 aromatic heterocycles. The topological polar surface area (TPSA) is 110 Å². The molecule has 0 amide bonds. The first-order valence-electron chi connectivity index (χ1n) is 7.19. The highest BCUT2D eigenvalue weighted by molar-refractivity contribution is 7.17. The van der Waals surface area contributed by atoms with Crippen LogP contribution in [0.1, 0.15) is 20.9 Å². The molecule has 0 fully saturated rings. The van der Waals surface area contributed by atoms with Gasteiger partial charge in [-0.15, -0.1) is 10.2 Å². The van der Waals surface area contributed by atoms with Crippen molar-refractivity contribution in [2.24, 2.45) is 10.2 Å². The molecule has 126 valence electrons. The molecule has 0 spiro atoms. The molecule has 9 heteroatoms. The van der Waals surface area contributed by atoms with Gasteiger partial charge in [0.25, 0.3) is 0 Å². The van der Waals surface area contributed by atoms with Gasteiger partial charge in [0.15, 0.2) is 5.00 Å². The summed E-state index contributed by atoms with van der Waals surface area (Å²) in [6.45, 7) is 3.57. The zero-order chi connectivity index (χ0) is 17.8. The molecule has 0 aliphatic carbocycles. The first-order valence-corrected chi connectivity index (χ1v) is 8.00. The molecule has 0 saturated carbocycles. The second-order valence-corrected chi connectivity index (χ2v) is 6.08. The summed E-state index contributed by atoms with van der Waals surface area (Å²) in [6, 6.07) is 4.91. The summed E-state index contributed by atoms with van der Waals surface area (Å²) in [6.07, 6.45) is 4.19. The van der Waals surface area contributed by atoms with Crippen molar-refractivity contribution in [3.05, 3.63) is 53.1 Å². The highest BCUT2D eigenvalue weighted by atomic mass is 32.1. The Morgan fingerprint density at radius 2 is 1.96 bits per heavy atom. The van der Waals surface area contributed by atoms with Gasteiger partial charge in [0.05, 0.1) is 11.9 Å². The minimum absolute atomic E-state index is 0.144. The molecule has 2 heterocycles. The fourth-order valence-corrected chi connectivity index (χ4v) is 2.60. The number of esters is 1. The standard InChI is InChI=1S/C16H13N5O3S/c1-9-5-11(6-10(2)14(9)22)20-21-13-7-18-15(25-13)16(23)24-12-3-4-17-8-19-12/h3-8,22H,1-2H3. The maximum absolute atomic E-state index is 12.0. The maximum atomic E-state index is 12.0. The zero-order valence-electron chi connectivity index (χ0n) is 13.4. The third-order valence-electron chi connectivity index (χ3n) is 3.16. The Kier molecular flexibility index (Phi) is 4.75. The van der Waals surface area contributed by atoms with Gasteiger partial charge < -0.3 is 9.84 Å². The molecule has 3 aromatic rings. The number of ether oxygens (including phenoxy) is 1. The Bertz CT molecular complexity index is 917. The molecule has 0 atom stereocenters. The van der Waals surface area contributed by atoms with Crippen LogP contribution in [0.2, 0.25) is 0 Å². The van der Waals surface area contributed by atoms with Crippen molar-refractivity contribution >= 4 is 28.0 Å². The number of aromatic hydroxyl groups is 1. The lowest BCUT2D eigenvalue weighted by Crippen LogP contribution is -2.08. The van der Waals surface area contributed by atoms with Crippen LogP contribution in [0.4, 0.5) is 10.7 Å². The van der Waals surface area contributed by atoms with E-state index in [-0.39, 0.29) is 16.6 Å². The summed E-state index contributed by atoms with van der Waals surface area (Å²) < 4.78 is 5.08. The number of azo groups is 1. The first kappa shape index (κ1) is 16.7. The Morgan fingerprint density at radius 1 is 1.20 bits per heavy atom. The summed E-state index contributed by atoms with van der Waals surface area (Å²) in [5.41, 5.74) is 2.03. The SMILES string of the molecule is Cc1cc(N=Nc2cnc(C(=O)Oc3ccncn3)s2)cc(C)c1O. The number of carbonyl (C=O) groups excluding carboxylic acids is 1. The normalized spacial score (nSPS) is 11.0. The Labute approximate surface area is 146 Å². The third-order valence-corrected chi connectivity index (χ3v) is 4.02. The van der Waals surface area contributed by atoms with Crippen LogP contribution in [0, 0.1) is 13.8 Å². The minimum Gasteiger partial charge on any atom is -0.507 e. The van der Waals surface area contributed by atoms with Crippen LogP contribution in [0.15, 0.2) is 47.1 Å². The van der Waals surface area contributed by atoms with E-state index in [0.717, 1.165) is 11.3 Å². The van der Waals surface area contributed by atoms with E-state index in [0.29, 0.717) is 21.8 Å². The molecule has 0 aliphatic heterocycles. The quantitative estimate of drug-likeness (QED) is 0.561. The number of rotatable bonds is 4. The molecule has 0 radical (unpaired) electrons. The predicted molar refractivity (Wildman–Crippen MR) is 90.9 cm³/mol. The van der Waals surface area contributed by atoms with Crippen molar-refractivity contribution < 1.29 is 14.6 Å². The molecule has 0 saturated heterocycles. The van der Waals surface area contributed by atoms with E-state index in [9.17, 15) is 9.90 Å². The van der Waals surface area contributed by atoms with E-state index in [2.05, 4.69) is 25.2 Å². The van der Waals surface area contributed by atoms with Gasteiger partial charge in [-0.25, -0.2) is 19.7 Å². The molecule has 8 nitrogen and oxygen atoms in total. The Morgan fingerprint density at radius 3 is 2.64 bits per heavy atom. The van der Waals surface area contributed by atoms with Crippen LogP contribution in [0.5, 0.6) is 11.6 Å². The Balaban J connectivity index is 1.72. The van der Waals surface area contributed by atoms with Crippen LogP contribution < -0.4 is 4.74 Å². The minimum atomic E-state index is -0.624. The Hall–Kier alpha value is -3.20. The summed E-state index contributed by atoms with van der Waals surface area (Å²) in [7, 11) is 0. The van der Waals surface area contributed by atoms with Crippen LogP contribution in [0.3, 0.4) is 0 Å². The van der Waals surface area contributed by atoms with Crippen LogP contribution in [-0.2, 0) is 0 Å². The zero-order valence-corrected chi connectivity index (χ0v) is 14.2. The van der Waals surface area contributed by atoms with E-state index in [1.54, 1.807) is 26.0 Å². The molecular weight excluding hydrogens is 342 g/mol. The van der Waals surface area contributed by atoms with E-state index in [4.69, 9.17) is 4.74 Å². The van der Waals surface area contributed by atoms with Gasteiger partial charge in [0, 0.05) is 12.3 Å². The van der Waals surface area contributed by atoms with Gasteiger partial charge in [-0.2, -0.15) is 0 Å². The van der Waals surface area contributed by atoms with Crippen molar-refractivity contribution in [2.45, 2.75) is 13.8 Å². The van der Waals surface area contributed by atoms with Gasteiger partial charge in [-0.3, -0.25) is 0 Å². The summed E-state index contributed by atoms with van der Waals surface area (Å²) >= 11 is 1.05. The van der Waals surface area contributed by atoms with Gasteiger partial charge in [-0.05, 0) is 37.1 Å². The molecule has 1 N–H and O–H groups in total. The molecule has 0 aliphatic rings. The van der Waals surface area contributed by atoms with E-state index < -0.39 is 5.97 Å². The smallest absolute Gasteiger partial charge is 0.374 e. The monoisotopic (exact) mass is 355 g/mol. The third kappa shape index (κ3) is 4.01. The molecule has 3 rings (SSSR count). The van der Waals surface area contributed by atoms with Crippen LogP contribution in [0.25, 0.3) is 0 Å². The number of phenols is 1. The lowest BCUT2D eigenvalue weighted by atomic mass is 10.1. The number of thiazole rings is 1. The van der Waals surface area contributed by atoms with Crippen molar-refractivity contribution in [1.29, 1.82) is 0 Å². The predicted octanol–water partition coefficient (Wildman–Crippen LogP) is 3.89. The largest absolute Gasteiger partial charge is 0.507 e. The average Bonchev–Trinajstić information content (AvgIpc) is 3.08. The van der Waals surface area contributed by atoms with Crippen molar-refractivity contribution in [3.63, 3.8) is 0 Å². The number of aryl methyl sites for hydroxylation is 2. The number of benzene rings is 1. The number of carbonyl (C=O) groups is 1. The van der Waals surface area contributed by atoms with Gasteiger partial charge in [0.1, 0.15) is 12.1 Å². The highest BCUT2D eigenvalue weighted by Gasteiger charge is 2.14.